The second kappa shape index (κ2) is 9.32. The molecule has 2 aromatic heterocycles. The third kappa shape index (κ3) is 4.48. The molecule has 3 N–H and O–H groups in total. The van der Waals surface area contributed by atoms with Gasteiger partial charge in [-0.05, 0) is 43.5 Å². The Bertz CT molecular complexity index is 870. The first-order chi connectivity index (χ1) is 13.6. The number of hydrogen-bond acceptors (Lipinski definition) is 5. The smallest absolute Gasteiger partial charge is 0.271 e. The van der Waals surface area contributed by atoms with E-state index in [4.69, 9.17) is 5.73 Å². The van der Waals surface area contributed by atoms with Crippen LogP contribution in [0, 0.1) is 0 Å². The van der Waals surface area contributed by atoms with E-state index in [9.17, 15) is 9.59 Å². The van der Waals surface area contributed by atoms with Crippen molar-refractivity contribution < 1.29 is 4.79 Å². The van der Waals surface area contributed by atoms with Crippen LogP contribution < -0.4 is 16.2 Å². The van der Waals surface area contributed by atoms with E-state index < -0.39 is 0 Å². The van der Waals surface area contributed by atoms with Crippen molar-refractivity contribution in [3.05, 3.63) is 59.3 Å². The normalized spacial score (nSPS) is 15.1. The minimum absolute atomic E-state index is 0.00415. The number of amides is 1. The summed E-state index contributed by atoms with van der Waals surface area (Å²) < 4.78 is 0. The summed E-state index contributed by atoms with van der Waals surface area (Å²) in [5, 5.41) is 0. The monoisotopic (exact) mass is 381 g/mol. The van der Waals surface area contributed by atoms with Gasteiger partial charge in [-0.3, -0.25) is 14.6 Å². The van der Waals surface area contributed by atoms with E-state index in [1.165, 1.54) is 0 Å². The van der Waals surface area contributed by atoms with Crippen LogP contribution in [0.4, 0.5) is 5.69 Å². The van der Waals surface area contributed by atoms with E-state index in [-0.39, 0.29) is 17.5 Å². The minimum Gasteiger partial charge on any atom is -0.364 e. The molecule has 0 radical (unpaired) electrons. The summed E-state index contributed by atoms with van der Waals surface area (Å²) in [6.07, 6.45) is 10.1. The molecule has 1 saturated heterocycles. The van der Waals surface area contributed by atoms with Crippen LogP contribution in [0.5, 0.6) is 0 Å². The lowest BCUT2D eigenvalue weighted by molar-refractivity contribution is -0.127. The van der Waals surface area contributed by atoms with Crippen LogP contribution >= 0.6 is 0 Å². The molecule has 1 aliphatic heterocycles. The molecule has 2 aromatic rings. The van der Waals surface area contributed by atoms with Gasteiger partial charge in [-0.15, -0.1) is 0 Å². The zero-order chi connectivity index (χ0) is 19.9. The average Bonchev–Trinajstić information content (AvgIpc) is 2.75. The summed E-state index contributed by atoms with van der Waals surface area (Å²) in [6, 6.07) is 6.01. The van der Waals surface area contributed by atoms with Gasteiger partial charge in [-0.25, -0.2) is 0 Å². The van der Waals surface area contributed by atoms with Crippen LogP contribution in [0.2, 0.25) is 0 Å². The van der Waals surface area contributed by atoms with Crippen molar-refractivity contribution in [2.45, 2.75) is 25.8 Å². The second-order valence-corrected chi connectivity index (χ2v) is 6.82. The molecule has 0 atom stereocenters. The number of carbonyl (C=O) groups excluding carboxylic acids is 1. The molecule has 148 valence electrons. The number of hydrogen-bond donors (Lipinski definition) is 2. The number of piperidine rings is 1. The fourth-order valence-electron chi connectivity index (χ4n) is 3.69. The van der Waals surface area contributed by atoms with Crippen LogP contribution in [-0.4, -0.2) is 53.0 Å². The lowest BCUT2D eigenvalue weighted by Crippen LogP contribution is -2.47. The summed E-state index contributed by atoms with van der Waals surface area (Å²) in [7, 11) is 0. The molecule has 7 heteroatoms. The van der Waals surface area contributed by atoms with Crippen LogP contribution in [-0.2, 0) is 4.79 Å². The van der Waals surface area contributed by atoms with Crippen molar-refractivity contribution in [2.75, 3.05) is 31.1 Å². The molecule has 1 fully saturated rings. The topological polar surface area (TPSA) is 95.3 Å². The quantitative estimate of drug-likeness (QED) is 0.744. The predicted octanol–water partition coefficient (Wildman–Crippen LogP) is 1.77. The Morgan fingerprint density at radius 1 is 1.32 bits per heavy atom. The number of H-pyrrole nitrogens is 1. The lowest BCUT2D eigenvalue weighted by atomic mass is 10.0. The molecular formula is C21H27N5O2. The van der Waals surface area contributed by atoms with Crippen LogP contribution in [0.3, 0.4) is 0 Å². The van der Waals surface area contributed by atoms with Gasteiger partial charge in [-0.1, -0.05) is 6.08 Å². The fourth-order valence-corrected chi connectivity index (χ4v) is 3.69. The Hall–Kier alpha value is -2.93. The number of aromatic amines is 1. The molecule has 0 saturated carbocycles. The highest BCUT2D eigenvalue weighted by Crippen LogP contribution is 2.25. The molecule has 0 aliphatic carbocycles. The van der Waals surface area contributed by atoms with Crippen LogP contribution in [0.1, 0.15) is 19.8 Å². The fraction of sp³-hybridized carbons (Fsp3) is 0.381. The second-order valence-electron chi connectivity index (χ2n) is 6.82. The summed E-state index contributed by atoms with van der Waals surface area (Å²) in [4.78, 5) is 35.6. The van der Waals surface area contributed by atoms with Gasteiger partial charge in [0, 0.05) is 62.5 Å². The van der Waals surface area contributed by atoms with E-state index in [0.29, 0.717) is 25.3 Å². The van der Waals surface area contributed by atoms with Crippen LogP contribution in [0.15, 0.2) is 53.7 Å². The number of nitrogens with two attached hydrogens (primary N) is 1. The first kappa shape index (κ1) is 19.8. The first-order valence-electron chi connectivity index (χ1n) is 9.69. The lowest BCUT2D eigenvalue weighted by Gasteiger charge is -2.38. The Morgan fingerprint density at radius 2 is 2.04 bits per heavy atom. The van der Waals surface area contributed by atoms with Gasteiger partial charge in [0.15, 0.2) is 0 Å². The molecule has 3 rings (SSSR count). The summed E-state index contributed by atoms with van der Waals surface area (Å²) in [5.41, 5.74) is 7.96. The molecule has 0 aromatic carbocycles. The highest BCUT2D eigenvalue weighted by atomic mass is 16.2. The Kier molecular flexibility index (Phi) is 6.60. The van der Waals surface area contributed by atoms with E-state index >= 15 is 0 Å². The first-order valence-corrected chi connectivity index (χ1v) is 9.69. The summed E-state index contributed by atoms with van der Waals surface area (Å²) in [5.74, 6) is 0.00415. The van der Waals surface area contributed by atoms with Gasteiger partial charge in [0.2, 0.25) is 5.91 Å². The largest absolute Gasteiger partial charge is 0.364 e. The van der Waals surface area contributed by atoms with E-state index in [0.717, 1.165) is 30.5 Å². The molecule has 7 nitrogen and oxygen atoms in total. The van der Waals surface area contributed by atoms with Gasteiger partial charge in [0.1, 0.15) is 5.69 Å². The van der Waals surface area contributed by atoms with Gasteiger partial charge >= 0.3 is 0 Å². The molecule has 28 heavy (non-hydrogen) atoms. The zero-order valence-electron chi connectivity index (χ0n) is 16.2. The predicted molar refractivity (Wildman–Crippen MR) is 111 cm³/mol. The maximum absolute atomic E-state index is 12.5. The number of aromatic nitrogens is 2. The molecule has 0 unspecified atom stereocenters. The van der Waals surface area contributed by atoms with Crippen molar-refractivity contribution in [1.82, 2.24) is 14.9 Å². The number of nitrogens with one attached hydrogen (secondary N) is 1. The number of pyridine rings is 2. The average molecular weight is 381 g/mol. The number of rotatable bonds is 6. The standard InChI is InChI=1S/C21H27N5O2/c1-2-26(18-7-12-25(13-8-18)20(27)4-3-9-22)19-14-17(15-24-21(19)28)16-5-10-23-11-6-16/h3-6,10-11,14-15,18H,2,7-9,12-13,22H2,1H3,(H,24,28). The third-order valence-corrected chi connectivity index (χ3v) is 5.16. The van der Waals surface area contributed by atoms with E-state index in [1.54, 1.807) is 30.7 Å². The van der Waals surface area contributed by atoms with Crippen molar-refractivity contribution in [3.8, 4) is 11.1 Å². The van der Waals surface area contributed by atoms with Crippen LogP contribution in [0.25, 0.3) is 11.1 Å². The van der Waals surface area contributed by atoms with Gasteiger partial charge < -0.3 is 20.5 Å². The van der Waals surface area contributed by atoms with Crippen molar-refractivity contribution >= 4 is 11.6 Å². The van der Waals surface area contributed by atoms with Crippen molar-refractivity contribution in [3.63, 3.8) is 0 Å². The minimum atomic E-state index is -0.0935. The maximum atomic E-state index is 12.5. The van der Waals surface area contributed by atoms with Gasteiger partial charge in [0.25, 0.3) is 5.56 Å². The molecule has 0 bridgehead atoms. The molecule has 1 amide bonds. The van der Waals surface area contributed by atoms with Crippen molar-refractivity contribution in [1.29, 1.82) is 0 Å². The summed E-state index contributed by atoms with van der Waals surface area (Å²) in [6.45, 7) is 4.50. The number of nitrogens with zero attached hydrogens (tertiary/aromatic N) is 3. The third-order valence-electron chi connectivity index (χ3n) is 5.16. The molecule has 1 aliphatic rings. The highest BCUT2D eigenvalue weighted by Gasteiger charge is 2.27. The number of likely N-dealkylation sites (tertiary alicyclic amines) is 1. The molecule has 0 spiro atoms. The van der Waals surface area contributed by atoms with Gasteiger partial charge in [0.05, 0.1) is 0 Å². The Labute approximate surface area is 164 Å². The Balaban J connectivity index is 1.76. The number of anilines is 1. The van der Waals surface area contributed by atoms with Gasteiger partial charge in [-0.2, -0.15) is 0 Å². The SMILES string of the molecule is CCN(c1cc(-c2ccncc2)c[nH]c1=O)C1CCN(C(=O)C=CCN)CC1. The zero-order valence-corrected chi connectivity index (χ0v) is 16.2. The van der Waals surface area contributed by atoms with E-state index in [2.05, 4.69) is 21.8 Å². The Morgan fingerprint density at radius 3 is 2.68 bits per heavy atom. The number of carbonyl (C=O) groups is 1. The van der Waals surface area contributed by atoms with Crippen molar-refractivity contribution in [2.24, 2.45) is 5.73 Å². The highest BCUT2D eigenvalue weighted by molar-refractivity contribution is 5.87. The molecule has 3 heterocycles. The maximum Gasteiger partial charge on any atom is 0.271 e. The molecular weight excluding hydrogens is 354 g/mol. The van der Waals surface area contributed by atoms with E-state index in [1.807, 2.05) is 23.1 Å². The summed E-state index contributed by atoms with van der Waals surface area (Å²) >= 11 is 0.